The van der Waals surface area contributed by atoms with Gasteiger partial charge in [-0.15, -0.1) is 0 Å². The van der Waals surface area contributed by atoms with Crippen LogP contribution in [0.4, 0.5) is 0 Å². The van der Waals surface area contributed by atoms with Crippen molar-refractivity contribution in [3.05, 3.63) is 35.4 Å². The molecule has 2 rings (SSSR count). The van der Waals surface area contributed by atoms with Crippen molar-refractivity contribution in [2.75, 3.05) is 13.1 Å². The summed E-state index contributed by atoms with van der Waals surface area (Å²) in [6.07, 6.45) is 3.44. The topological polar surface area (TPSA) is 35.8 Å². The van der Waals surface area contributed by atoms with Gasteiger partial charge in [0.2, 0.25) is 0 Å². The zero-order valence-corrected chi connectivity index (χ0v) is 10.4. The molecular formula is C15H20N2. The van der Waals surface area contributed by atoms with E-state index in [4.69, 9.17) is 5.26 Å². The fourth-order valence-electron chi connectivity index (χ4n) is 2.54. The van der Waals surface area contributed by atoms with E-state index in [2.05, 4.69) is 42.6 Å². The Bertz CT molecular complexity index is 382. The van der Waals surface area contributed by atoms with Crippen molar-refractivity contribution in [3.63, 3.8) is 0 Å². The van der Waals surface area contributed by atoms with Crippen molar-refractivity contribution in [1.82, 2.24) is 5.32 Å². The SMILES string of the molecule is CCC(C#N)c1ccc(C2CCCNC2)cc1. The van der Waals surface area contributed by atoms with Crippen molar-refractivity contribution < 1.29 is 0 Å². The second-order valence-electron chi connectivity index (χ2n) is 4.80. The minimum atomic E-state index is 0.0496. The zero-order valence-electron chi connectivity index (χ0n) is 10.4. The van der Waals surface area contributed by atoms with Gasteiger partial charge in [0.1, 0.15) is 0 Å². The molecule has 2 unspecified atom stereocenters. The number of nitriles is 1. The third-order valence-electron chi connectivity index (χ3n) is 3.67. The van der Waals surface area contributed by atoms with Crippen LogP contribution in [0.25, 0.3) is 0 Å². The molecule has 0 saturated carbocycles. The van der Waals surface area contributed by atoms with Crippen LogP contribution in [-0.2, 0) is 0 Å². The summed E-state index contributed by atoms with van der Waals surface area (Å²) in [4.78, 5) is 0. The predicted octanol–water partition coefficient (Wildman–Crippen LogP) is 3.17. The lowest BCUT2D eigenvalue weighted by Crippen LogP contribution is -2.28. The minimum Gasteiger partial charge on any atom is -0.316 e. The number of hydrogen-bond acceptors (Lipinski definition) is 2. The van der Waals surface area contributed by atoms with E-state index in [-0.39, 0.29) is 5.92 Å². The van der Waals surface area contributed by atoms with Crippen molar-refractivity contribution in [3.8, 4) is 6.07 Å². The highest BCUT2D eigenvalue weighted by Crippen LogP contribution is 2.25. The third kappa shape index (κ3) is 2.87. The smallest absolute Gasteiger partial charge is 0.0710 e. The first-order chi connectivity index (χ1) is 8.35. The molecule has 1 aliphatic heterocycles. The van der Waals surface area contributed by atoms with Crippen molar-refractivity contribution >= 4 is 0 Å². The summed E-state index contributed by atoms with van der Waals surface area (Å²) in [6, 6.07) is 11.0. The van der Waals surface area contributed by atoms with Crippen LogP contribution in [0.5, 0.6) is 0 Å². The predicted molar refractivity (Wildman–Crippen MR) is 69.9 cm³/mol. The van der Waals surface area contributed by atoms with Crippen molar-refractivity contribution in [2.45, 2.75) is 38.0 Å². The molecule has 1 N–H and O–H groups in total. The molecular weight excluding hydrogens is 208 g/mol. The molecule has 1 saturated heterocycles. The van der Waals surface area contributed by atoms with E-state index in [1.165, 1.54) is 18.4 Å². The van der Waals surface area contributed by atoms with Gasteiger partial charge in [-0.3, -0.25) is 0 Å². The lowest BCUT2D eigenvalue weighted by molar-refractivity contribution is 0.461. The van der Waals surface area contributed by atoms with Crippen LogP contribution >= 0.6 is 0 Å². The highest BCUT2D eigenvalue weighted by atomic mass is 14.9. The van der Waals surface area contributed by atoms with Crippen LogP contribution in [0.1, 0.15) is 49.1 Å². The summed E-state index contributed by atoms with van der Waals surface area (Å²) < 4.78 is 0. The monoisotopic (exact) mass is 228 g/mol. The number of rotatable bonds is 3. The van der Waals surface area contributed by atoms with Gasteiger partial charge in [0, 0.05) is 6.54 Å². The maximum atomic E-state index is 9.04. The van der Waals surface area contributed by atoms with E-state index >= 15 is 0 Å². The second-order valence-corrected chi connectivity index (χ2v) is 4.80. The Labute approximate surface area is 104 Å². The molecule has 1 aromatic carbocycles. The summed E-state index contributed by atoms with van der Waals surface area (Å²) in [5.41, 5.74) is 2.57. The average molecular weight is 228 g/mol. The Balaban J connectivity index is 2.09. The number of benzene rings is 1. The molecule has 0 bridgehead atoms. The van der Waals surface area contributed by atoms with E-state index in [1.54, 1.807) is 0 Å². The van der Waals surface area contributed by atoms with Crippen molar-refractivity contribution in [1.29, 1.82) is 5.26 Å². The first kappa shape index (κ1) is 12.1. The molecule has 0 aromatic heterocycles. The zero-order chi connectivity index (χ0) is 12.1. The maximum absolute atomic E-state index is 9.04. The highest BCUT2D eigenvalue weighted by molar-refractivity contribution is 5.30. The van der Waals surface area contributed by atoms with Crippen molar-refractivity contribution in [2.24, 2.45) is 0 Å². The van der Waals surface area contributed by atoms with Gasteiger partial charge in [0.05, 0.1) is 12.0 Å². The molecule has 2 nitrogen and oxygen atoms in total. The average Bonchev–Trinajstić information content (AvgIpc) is 2.42. The van der Waals surface area contributed by atoms with Gasteiger partial charge >= 0.3 is 0 Å². The van der Waals surface area contributed by atoms with E-state index in [9.17, 15) is 0 Å². The van der Waals surface area contributed by atoms with Gasteiger partial charge in [-0.1, -0.05) is 31.2 Å². The van der Waals surface area contributed by atoms with Gasteiger partial charge in [-0.2, -0.15) is 5.26 Å². The summed E-state index contributed by atoms with van der Waals surface area (Å²) in [5, 5.41) is 12.5. The molecule has 1 fully saturated rings. The first-order valence-corrected chi connectivity index (χ1v) is 6.55. The van der Waals surface area contributed by atoms with Gasteiger partial charge in [-0.25, -0.2) is 0 Å². The van der Waals surface area contributed by atoms with Crippen LogP contribution in [0, 0.1) is 11.3 Å². The Morgan fingerprint density at radius 1 is 1.41 bits per heavy atom. The highest BCUT2D eigenvalue weighted by Gasteiger charge is 2.15. The Hall–Kier alpha value is -1.33. The normalized spacial score (nSPS) is 21.8. The number of nitrogens with zero attached hydrogens (tertiary/aromatic N) is 1. The van der Waals surface area contributed by atoms with Crippen LogP contribution < -0.4 is 5.32 Å². The van der Waals surface area contributed by atoms with E-state index in [1.807, 2.05) is 0 Å². The van der Waals surface area contributed by atoms with E-state index in [0.717, 1.165) is 25.1 Å². The minimum absolute atomic E-state index is 0.0496. The maximum Gasteiger partial charge on any atom is 0.0710 e. The Kier molecular flexibility index (Phi) is 4.17. The molecule has 17 heavy (non-hydrogen) atoms. The molecule has 0 radical (unpaired) electrons. The van der Waals surface area contributed by atoms with Gasteiger partial charge in [0.25, 0.3) is 0 Å². The molecule has 1 aromatic rings. The quantitative estimate of drug-likeness (QED) is 0.862. The van der Waals surface area contributed by atoms with Crippen LogP contribution in [0.2, 0.25) is 0 Å². The lowest BCUT2D eigenvalue weighted by atomic mass is 9.89. The number of piperidine rings is 1. The fourth-order valence-corrected chi connectivity index (χ4v) is 2.54. The molecule has 2 atom stereocenters. The third-order valence-corrected chi connectivity index (χ3v) is 3.67. The van der Waals surface area contributed by atoms with E-state index in [0.29, 0.717) is 5.92 Å². The molecule has 0 aliphatic carbocycles. The first-order valence-electron chi connectivity index (χ1n) is 6.55. The fraction of sp³-hybridized carbons (Fsp3) is 0.533. The van der Waals surface area contributed by atoms with E-state index < -0.39 is 0 Å². The van der Waals surface area contributed by atoms with Crippen LogP contribution in [0.15, 0.2) is 24.3 Å². The lowest BCUT2D eigenvalue weighted by Gasteiger charge is -2.23. The van der Waals surface area contributed by atoms with Crippen LogP contribution in [-0.4, -0.2) is 13.1 Å². The summed E-state index contributed by atoms with van der Waals surface area (Å²) in [7, 11) is 0. The largest absolute Gasteiger partial charge is 0.316 e. The Morgan fingerprint density at radius 3 is 2.71 bits per heavy atom. The van der Waals surface area contributed by atoms with Crippen LogP contribution in [0.3, 0.4) is 0 Å². The number of hydrogen-bond donors (Lipinski definition) is 1. The molecule has 0 spiro atoms. The summed E-state index contributed by atoms with van der Waals surface area (Å²) >= 11 is 0. The van der Waals surface area contributed by atoms with Gasteiger partial charge < -0.3 is 5.32 Å². The summed E-state index contributed by atoms with van der Waals surface area (Å²) in [6.45, 7) is 4.31. The number of nitrogens with one attached hydrogen (secondary N) is 1. The molecule has 0 amide bonds. The molecule has 2 heteroatoms. The van der Waals surface area contributed by atoms with Gasteiger partial charge in [-0.05, 0) is 42.9 Å². The second kappa shape index (κ2) is 5.84. The summed E-state index contributed by atoms with van der Waals surface area (Å²) in [5.74, 6) is 0.702. The molecule has 1 aliphatic rings. The van der Waals surface area contributed by atoms with Gasteiger partial charge in [0.15, 0.2) is 0 Å². The Morgan fingerprint density at radius 2 is 2.18 bits per heavy atom. The standard InChI is InChI=1S/C15H20N2/c1-2-12(10-16)13-5-7-14(8-6-13)15-4-3-9-17-11-15/h5-8,12,15,17H,2-4,9,11H2,1H3. The molecule has 90 valence electrons. The molecule has 1 heterocycles.